The lowest BCUT2D eigenvalue weighted by atomic mass is 9.85. The molecule has 4 aromatic heterocycles. The number of ether oxygens (including phenoxy) is 3. The van der Waals surface area contributed by atoms with Gasteiger partial charge in [0.15, 0.2) is 0 Å². The molecule has 3 saturated heterocycles. The van der Waals surface area contributed by atoms with Crippen molar-refractivity contribution in [3.8, 4) is 45.0 Å². The van der Waals surface area contributed by atoms with Gasteiger partial charge in [0.2, 0.25) is 5.91 Å². The number of nitrogens with one attached hydrogen (secondary N) is 4. The van der Waals surface area contributed by atoms with Gasteiger partial charge in [-0.3, -0.25) is 43.2 Å². The van der Waals surface area contributed by atoms with E-state index in [0.29, 0.717) is 96.6 Å². The van der Waals surface area contributed by atoms with Crippen molar-refractivity contribution in [3.63, 3.8) is 0 Å². The molecule has 0 spiro atoms. The number of rotatable bonds is 25. The highest BCUT2D eigenvalue weighted by Crippen LogP contribution is 2.41. The lowest BCUT2D eigenvalue weighted by Crippen LogP contribution is -2.33. The van der Waals surface area contributed by atoms with Gasteiger partial charge in [0.1, 0.15) is 68.3 Å². The summed E-state index contributed by atoms with van der Waals surface area (Å²) >= 11 is 0. The first-order valence-electron chi connectivity index (χ1n) is 44.3. The predicted molar refractivity (Wildman–Crippen MR) is 509 cm³/mol. The molecule has 692 valence electrons. The molecule has 133 heavy (non-hydrogen) atoms. The molecule has 1 aliphatic carbocycles. The molecule has 8 aromatic carbocycles. The molecule has 0 bridgehead atoms. The maximum absolute atomic E-state index is 12.5. The summed E-state index contributed by atoms with van der Waals surface area (Å²) in [5.74, 6) is -1.85. The first kappa shape index (κ1) is 95.5. The lowest BCUT2D eigenvalue weighted by molar-refractivity contribution is -0.134. The highest BCUT2D eigenvalue weighted by atomic mass is 16.5. The normalized spacial score (nSPS) is 17.8. The highest BCUT2D eigenvalue weighted by molar-refractivity contribution is 6.06. The van der Waals surface area contributed by atoms with Gasteiger partial charge >= 0.3 is 0 Å². The van der Waals surface area contributed by atoms with Gasteiger partial charge in [0.25, 0.3) is 47.3 Å². The second kappa shape index (κ2) is 42.6. The molecule has 20 N–H and O–H groups in total. The van der Waals surface area contributed by atoms with Crippen molar-refractivity contribution in [2.75, 3.05) is 56.9 Å². The smallest absolute Gasteiger partial charge is 0.254 e. The van der Waals surface area contributed by atoms with Crippen molar-refractivity contribution >= 4 is 76.4 Å². The van der Waals surface area contributed by atoms with Gasteiger partial charge in [-0.25, -0.2) is 18.7 Å². The van der Waals surface area contributed by atoms with Gasteiger partial charge in [-0.15, -0.1) is 0 Å². The van der Waals surface area contributed by atoms with E-state index in [0.717, 1.165) is 106 Å². The van der Waals surface area contributed by atoms with Crippen molar-refractivity contribution in [2.45, 2.75) is 162 Å². The number of nitrogen functional groups attached to an aromatic ring is 4. The predicted octanol–water partition coefficient (Wildman–Crippen LogP) is 11.7. The topological polar surface area (TPSA) is 512 Å². The zero-order valence-corrected chi connectivity index (χ0v) is 76.0. The van der Waals surface area contributed by atoms with Crippen molar-refractivity contribution in [3.05, 3.63) is 283 Å². The van der Waals surface area contributed by atoms with Crippen LogP contribution < -0.4 is 67.1 Å². The van der Waals surface area contributed by atoms with Crippen LogP contribution in [0.1, 0.15) is 217 Å². The largest absolute Gasteiger partial charge is 0.383 e. The van der Waals surface area contributed by atoms with Crippen molar-refractivity contribution in [1.29, 1.82) is 0 Å². The van der Waals surface area contributed by atoms with E-state index in [1.807, 2.05) is 218 Å². The van der Waals surface area contributed by atoms with Crippen molar-refractivity contribution < 1.29 is 57.4 Å². The Hall–Kier alpha value is -15.1. The molecule has 0 radical (unpaired) electrons. The van der Waals surface area contributed by atoms with Gasteiger partial charge in [-0.05, 0) is 162 Å². The summed E-state index contributed by atoms with van der Waals surface area (Å²) in [7, 11) is 3.55. The van der Waals surface area contributed by atoms with E-state index in [9.17, 15) is 43.2 Å². The number of primary amides is 4. The number of carbonyl (C=O) groups excluding carboxylic acids is 9. The minimum atomic E-state index is -0.634. The number of nitrogens with two attached hydrogens (primary N) is 8. The fraction of sp³-hybridized carbons (Fsp3) is 0.310. The molecule has 6 atom stereocenters. The summed E-state index contributed by atoms with van der Waals surface area (Å²) in [5, 5.41) is 30.3. The monoisotopic (exact) mass is 1800 g/mol. The number of anilines is 4. The van der Waals surface area contributed by atoms with E-state index in [4.69, 9.17) is 65.2 Å². The molecule has 12 aromatic rings. The van der Waals surface area contributed by atoms with Gasteiger partial charge in [-0.2, -0.15) is 20.4 Å². The quantitative estimate of drug-likeness (QED) is 0.0253. The van der Waals surface area contributed by atoms with Crippen LogP contribution in [-0.2, 0) is 45.2 Å². The Morgan fingerprint density at radius 3 is 0.767 bits per heavy atom. The summed E-state index contributed by atoms with van der Waals surface area (Å²) in [5.41, 5.74) is 63.2. The molecule has 33 heteroatoms. The van der Waals surface area contributed by atoms with E-state index in [1.165, 1.54) is 0 Å². The molecule has 16 rings (SSSR count). The summed E-state index contributed by atoms with van der Waals surface area (Å²) in [6, 6.07) is 59.5. The van der Waals surface area contributed by atoms with E-state index < -0.39 is 23.6 Å². The van der Waals surface area contributed by atoms with Crippen LogP contribution in [0.5, 0.6) is 0 Å². The zero-order chi connectivity index (χ0) is 95.2. The van der Waals surface area contributed by atoms with Crippen LogP contribution in [0.3, 0.4) is 0 Å². The summed E-state index contributed by atoms with van der Waals surface area (Å²) in [6.45, 7) is 16.9. The molecule has 33 nitrogen and oxygen atoms in total. The maximum Gasteiger partial charge on any atom is 0.254 e. The van der Waals surface area contributed by atoms with Crippen molar-refractivity contribution in [2.24, 2.45) is 28.9 Å². The molecule has 3 aliphatic heterocycles. The van der Waals surface area contributed by atoms with Gasteiger partial charge in [-0.1, -0.05) is 170 Å². The zero-order valence-electron chi connectivity index (χ0n) is 76.0. The third-order valence-corrected chi connectivity index (χ3v) is 24.8. The average molecular weight is 1800 g/mol. The van der Waals surface area contributed by atoms with E-state index in [2.05, 4.69) is 36.6 Å². The molecule has 4 fully saturated rings. The van der Waals surface area contributed by atoms with Crippen LogP contribution in [0.4, 0.5) is 23.3 Å². The molecular formula is C100H115N21O12. The Morgan fingerprint density at radius 1 is 0.331 bits per heavy atom. The lowest BCUT2D eigenvalue weighted by Gasteiger charge is -2.30. The number of hydrogen-bond donors (Lipinski definition) is 12. The highest BCUT2D eigenvalue weighted by Gasteiger charge is 2.37. The molecular weight excluding hydrogens is 1690 g/mol. The van der Waals surface area contributed by atoms with Gasteiger partial charge in [0, 0.05) is 111 Å². The fourth-order valence-corrected chi connectivity index (χ4v) is 17.2. The van der Waals surface area contributed by atoms with Crippen LogP contribution in [0.15, 0.2) is 194 Å². The Kier molecular flexibility index (Phi) is 30.6. The Morgan fingerprint density at radius 2 is 0.556 bits per heavy atom. The number of aromatic nitrogens is 8. The molecule has 0 unspecified atom stereocenters. The van der Waals surface area contributed by atoms with E-state index in [1.54, 1.807) is 62.0 Å². The second-order valence-electron chi connectivity index (χ2n) is 34.0. The van der Waals surface area contributed by atoms with Crippen molar-refractivity contribution in [1.82, 2.24) is 65.3 Å². The first-order chi connectivity index (χ1) is 63.8. The summed E-state index contributed by atoms with van der Waals surface area (Å²) in [6.07, 6.45) is 5.12. The van der Waals surface area contributed by atoms with Crippen LogP contribution in [-0.4, -0.2) is 149 Å². The van der Waals surface area contributed by atoms with Gasteiger partial charge < -0.3 is 86.2 Å². The number of carbonyl (C=O) groups is 9. The Bertz CT molecular complexity index is 5830. The second-order valence-corrected chi connectivity index (χ2v) is 34.0. The van der Waals surface area contributed by atoms with Crippen LogP contribution in [0.25, 0.3) is 45.0 Å². The minimum Gasteiger partial charge on any atom is -0.383 e. The van der Waals surface area contributed by atoms with Crippen LogP contribution in [0, 0.1) is 33.6 Å². The van der Waals surface area contributed by atoms with E-state index in [-0.39, 0.29) is 123 Å². The Balaban J connectivity index is 0.000000151. The fourth-order valence-electron chi connectivity index (χ4n) is 17.2. The third-order valence-electron chi connectivity index (χ3n) is 24.8. The summed E-state index contributed by atoms with van der Waals surface area (Å²) < 4.78 is 23.5. The number of hydrogen-bond acceptors (Lipinski definition) is 20. The Labute approximate surface area is 771 Å². The summed E-state index contributed by atoms with van der Waals surface area (Å²) in [4.78, 5) is 113. The number of amides is 9. The van der Waals surface area contributed by atoms with E-state index >= 15 is 0 Å². The van der Waals surface area contributed by atoms with Crippen LogP contribution >= 0.6 is 0 Å². The number of benzene rings is 8. The third kappa shape index (κ3) is 22.0. The number of nitrogens with zero attached hydrogens (tertiary/aromatic N) is 9. The SMILES string of the molecule is Cc1ccccc1C(=O)NCc1ccc(-c2nn(C3CCC(C(=O)N(C)C)CC3)c(N)c2C(N)=O)cc1.Cc1ccccc1C(=O)NCc1ccc(-c2nn([C@@H]3CCO[C@@H]3C)c(N)c2C(N)=O)cc1.Cc1ccccc1C(=O)NCc1ccc(-c2nn([C@H]3CCO[C@@H]3C)c(N)c2C(N)=O)cc1.Cc1ccccc1C(=O)NCc1ccc(-c2nn([C@H]3CCO[C@H]3C)c(N)c2C(N)=O)cc1. The standard InChI is InChI=1S/C28H34N6O3.3C24H27N5O3/c1-17-6-4-5-7-22(17)27(36)31-16-18-8-10-19(11-9-18)24-23(26(30)35)25(29)34(32-24)21-14-12-20(13-15-21)28(37)33(2)3;3*1-14-5-3-4-6-18(14)24(31)27-13-16-7-9-17(10-8-16)21-20(23(26)30)22(25)29(28-21)19-11-12-32-15(19)2/h4-11,20-21H,12-16,29H2,1-3H3,(H2,30,35)(H,31,36);3*3-10,15,19H,11-13,25H2,1-2H3,(H2,26,30)(H,27,31)/t;15-,19+;2*15-,19-/m.110/s1. The van der Waals surface area contributed by atoms with Gasteiger partial charge in [0.05, 0.1) is 42.5 Å². The van der Waals surface area contributed by atoms with Crippen LogP contribution in [0.2, 0.25) is 0 Å². The molecule has 7 heterocycles. The maximum atomic E-state index is 12.5. The average Bonchev–Trinajstić information content (AvgIpc) is 1.65. The molecule has 4 aliphatic rings. The first-order valence-corrected chi connectivity index (χ1v) is 44.3. The molecule has 1 saturated carbocycles. The minimum absolute atomic E-state index is 0.00282. The number of aryl methyl sites for hydroxylation is 4. The molecule has 9 amide bonds.